The van der Waals surface area contributed by atoms with E-state index in [1.165, 1.54) is 0 Å². The molecule has 0 saturated heterocycles. The minimum atomic E-state index is -0.533. The van der Waals surface area contributed by atoms with Gasteiger partial charge in [0.05, 0.1) is 11.7 Å². The average Bonchev–Trinajstić information content (AvgIpc) is 2.86. The Morgan fingerprint density at radius 2 is 2.00 bits per heavy atom. The van der Waals surface area contributed by atoms with Crippen molar-refractivity contribution in [3.63, 3.8) is 0 Å². The van der Waals surface area contributed by atoms with Crippen molar-refractivity contribution in [2.24, 2.45) is 0 Å². The van der Waals surface area contributed by atoms with Crippen LogP contribution in [0.25, 0.3) is 6.08 Å². The zero-order chi connectivity index (χ0) is 15.4. The largest absolute Gasteiger partial charge is 0.459 e. The van der Waals surface area contributed by atoms with Crippen LogP contribution >= 0.6 is 0 Å². The number of allylic oxidation sites excluding steroid dienone is 2. The van der Waals surface area contributed by atoms with Gasteiger partial charge in [0.2, 0.25) is 0 Å². The average molecular weight is 284 g/mol. The van der Waals surface area contributed by atoms with Crippen molar-refractivity contribution in [3.8, 4) is 0 Å². The maximum Gasteiger partial charge on any atom is 0.341 e. The third kappa shape index (κ3) is 3.48. The molecule has 0 saturated carbocycles. The van der Waals surface area contributed by atoms with Gasteiger partial charge in [-0.2, -0.15) is 0 Å². The molecular weight excluding hydrogens is 264 g/mol. The molecule has 1 atom stereocenters. The normalized spacial score (nSPS) is 17.0. The molecule has 1 unspecified atom stereocenters. The Morgan fingerprint density at radius 3 is 2.67 bits per heavy atom. The second-order valence-corrected chi connectivity index (χ2v) is 5.32. The Balaban J connectivity index is 2.32. The summed E-state index contributed by atoms with van der Waals surface area (Å²) in [6.45, 7) is 5.30. The van der Waals surface area contributed by atoms with Gasteiger partial charge in [0.25, 0.3) is 0 Å². The Hall–Kier alpha value is -2.16. The first-order chi connectivity index (χ1) is 10.0. The summed E-state index contributed by atoms with van der Waals surface area (Å²) in [4.78, 5) is 24.2. The summed E-state index contributed by atoms with van der Waals surface area (Å²) in [5, 5.41) is 0. The zero-order valence-electron chi connectivity index (χ0n) is 12.6. The Morgan fingerprint density at radius 1 is 1.29 bits per heavy atom. The second-order valence-electron chi connectivity index (χ2n) is 5.32. The van der Waals surface area contributed by atoms with Gasteiger partial charge in [-0.3, -0.25) is 4.79 Å². The summed E-state index contributed by atoms with van der Waals surface area (Å²) in [5.41, 5.74) is 2.38. The van der Waals surface area contributed by atoms with E-state index in [0.29, 0.717) is 0 Å². The molecule has 1 aromatic carbocycles. The number of carbonyl (C=O) groups excluding carboxylic acids is 2. The van der Waals surface area contributed by atoms with E-state index in [1.807, 2.05) is 36.4 Å². The molecule has 0 N–H and O–H groups in total. The van der Waals surface area contributed by atoms with E-state index in [-0.39, 0.29) is 29.8 Å². The third-order valence-electron chi connectivity index (χ3n) is 3.37. The molecule has 0 fully saturated rings. The Labute approximate surface area is 125 Å². The van der Waals surface area contributed by atoms with Crippen molar-refractivity contribution in [3.05, 3.63) is 53.1 Å². The van der Waals surface area contributed by atoms with Gasteiger partial charge in [0.15, 0.2) is 5.78 Å². The quantitative estimate of drug-likeness (QED) is 0.359. The molecule has 0 heterocycles. The van der Waals surface area contributed by atoms with Crippen LogP contribution in [0, 0.1) is 0 Å². The Kier molecular flexibility index (Phi) is 4.73. The van der Waals surface area contributed by atoms with Crippen LogP contribution in [-0.2, 0) is 14.3 Å². The molecule has 0 aliphatic heterocycles. The van der Waals surface area contributed by atoms with Gasteiger partial charge in [-0.25, -0.2) is 4.79 Å². The lowest BCUT2D eigenvalue weighted by Gasteiger charge is -2.12. The van der Waals surface area contributed by atoms with E-state index in [0.717, 1.165) is 11.1 Å². The lowest BCUT2D eigenvalue weighted by atomic mass is 9.96. The highest BCUT2D eigenvalue weighted by Gasteiger charge is 2.23. The first kappa shape index (κ1) is 15.2. The molecule has 0 amide bonds. The van der Waals surface area contributed by atoms with E-state index in [9.17, 15) is 9.59 Å². The summed E-state index contributed by atoms with van der Waals surface area (Å²) in [7, 11) is 0. The first-order valence-electron chi connectivity index (χ1n) is 7.26. The highest BCUT2D eigenvalue weighted by molar-refractivity contribution is 6.17. The molecule has 110 valence electrons. The van der Waals surface area contributed by atoms with Crippen molar-refractivity contribution in [1.82, 2.24) is 0 Å². The van der Waals surface area contributed by atoms with Crippen LogP contribution in [0.2, 0.25) is 0 Å². The van der Waals surface area contributed by atoms with Gasteiger partial charge in [0, 0.05) is 12.3 Å². The zero-order valence-corrected chi connectivity index (χ0v) is 12.6. The van der Waals surface area contributed by atoms with Crippen molar-refractivity contribution in [2.75, 3.05) is 0 Å². The predicted molar refractivity (Wildman–Crippen MR) is 82.8 cm³/mol. The number of hydrogen-bond acceptors (Lipinski definition) is 3. The molecule has 2 rings (SSSR count). The molecule has 0 radical (unpaired) electrons. The number of Topliss-reactive ketones (excluding diaryl/α,β-unsaturated/α-hetero) is 1. The van der Waals surface area contributed by atoms with Gasteiger partial charge in [-0.1, -0.05) is 49.4 Å². The molecule has 1 aliphatic rings. The summed E-state index contributed by atoms with van der Waals surface area (Å²) in [6, 6.07) is 7.96. The Bertz CT molecular complexity index is 609. The van der Waals surface area contributed by atoms with Crippen molar-refractivity contribution < 1.29 is 14.3 Å². The van der Waals surface area contributed by atoms with Crippen molar-refractivity contribution in [2.45, 2.75) is 39.2 Å². The highest BCUT2D eigenvalue weighted by atomic mass is 16.5. The molecule has 3 nitrogen and oxygen atoms in total. The number of rotatable bonds is 5. The number of ketones is 1. The van der Waals surface area contributed by atoms with Gasteiger partial charge in [0.1, 0.15) is 0 Å². The van der Waals surface area contributed by atoms with E-state index in [2.05, 4.69) is 0 Å². The highest BCUT2D eigenvalue weighted by Crippen LogP contribution is 2.32. The number of esters is 1. The molecule has 1 aromatic rings. The van der Waals surface area contributed by atoms with E-state index >= 15 is 0 Å². The number of benzene rings is 1. The molecule has 3 heteroatoms. The summed E-state index contributed by atoms with van der Waals surface area (Å²) in [6.07, 6.45) is 5.78. The van der Waals surface area contributed by atoms with Crippen molar-refractivity contribution in [1.29, 1.82) is 0 Å². The number of carbonyl (C=O) groups is 2. The smallest absolute Gasteiger partial charge is 0.341 e. The SMILES string of the molecule is CCC(=O)C(=CC1C=Cc2ccccc21)C(=O)OC(C)C. The maximum absolute atomic E-state index is 12.1. The monoisotopic (exact) mass is 284 g/mol. The minimum absolute atomic E-state index is 0.0496. The van der Waals surface area contributed by atoms with Crippen LogP contribution < -0.4 is 0 Å². The summed E-state index contributed by atoms with van der Waals surface area (Å²) >= 11 is 0. The van der Waals surface area contributed by atoms with Crippen LogP contribution in [0.1, 0.15) is 44.2 Å². The molecule has 21 heavy (non-hydrogen) atoms. The standard InChI is InChI=1S/C18H20O3/c1-4-17(19)16(18(20)21-12(2)3)11-14-10-9-13-7-5-6-8-15(13)14/h5-12,14H,4H2,1-3H3. The van der Waals surface area contributed by atoms with Crippen LogP contribution in [0.4, 0.5) is 0 Å². The fraction of sp³-hybridized carbons (Fsp3) is 0.333. The lowest BCUT2D eigenvalue weighted by Crippen LogP contribution is -2.19. The molecular formula is C18H20O3. The van der Waals surface area contributed by atoms with E-state index in [4.69, 9.17) is 4.74 Å². The minimum Gasteiger partial charge on any atom is -0.459 e. The van der Waals surface area contributed by atoms with Gasteiger partial charge >= 0.3 is 5.97 Å². The fourth-order valence-electron chi connectivity index (χ4n) is 2.34. The topological polar surface area (TPSA) is 43.4 Å². The number of ether oxygens (including phenoxy) is 1. The summed E-state index contributed by atoms with van der Waals surface area (Å²) in [5.74, 6) is -0.764. The van der Waals surface area contributed by atoms with Crippen LogP contribution in [-0.4, -0.2) is 17.9 Å². The van der Waals surface area contributed by atoms with Gasteiger partial charge in [-0.05, 0) is 25.0 Å². The summed E-state index contributed by atoms with van der Waals surface area (Å²) < 4.78 is 5.18. The van der Waals surface area contributed by atoms with E-state index in [1.54, 1.807) is 26.8 Å². The van der Waals surface area contributed by atoms with Crippen molar-refractivity contribution >= 4 is 17.8 Å². The number of hydrogen-bond donors (Lipinski definition) is 0. The van der Waals surface area contributed by atoms with E-state index < -0.39 is 5.97 Å². The van der Waals surface area contributed by atoms with Gasteiger partial charge < -0.3 is 4.74 Å². The fourth-order valence-corrected chi connectivity index (χ4v) is 2.34. The molecule has 1 aliphatic carbocycles. The molecule has 0 bridgehead atoms. The van der Waals surface area contributed by atoms with Crippen LogP contribution in [0.5, 0.6) is 0 Å². The lowest BCUT2D eigenvalue weighted by molar-refractivity contribution is -0.143. The third-order valence-corrected chi connectivity index (χ3v) is 3.37. The second kappa shape index (κ2) is 6.53. The molecule has 0 spiro atoms. The van der Waals surface area contributed by atoms with Gasteiger partial charge in [-0.15, -0.1) is 0 Å². The molecule has 0 aromatic heterocycles. The predicted octanol–water partition coefficient (Wildman–Crippen LogP) is 3.65. The van der Waals surface area contributed by atoms with Crippen LogP contribution in [0.3, 0.4) is 0 Å². The number of fused-ring (bicyclic) bond motifs is 1. The maximum atomic E-state index is 12.1. The van der Waals surface area contributed by atoms with Crippen LogP contribution in [0.15, 0.2) is 42.0 Å². The first-order valence-corrected chi connectivity index (χ1v) is 7.26.